The van der Waals surface area contributed by atoms with Gasteiger partial charge in [0.2, 0.25) is 5.91 Å². The van der Waals surface area contributed by atoms with Crippen LogP contribution in [0.4, 0.5) is 10.8 Å². The van der Waals surface area contributed by atoms with Crippen molar-refractivity contribution in [2.24, 2.45) is 0 Å². The molecule has 0 radical (unpaired) electrons. The zero-order valence-corrected chi connectivity index (χ0v) is 19.1. The van der Waals surface area contributed by atoms with Crippen molar-refractivity contribution in [2.75, 3.05) is 49.7 Å². The van der Waals surface area contributed by atoms with Gasteiger partial charge in [0.25, 0.3) is 0 Å². The van der Waals surface area contributed by atoms with Crippen molar-refractivity contribution < 1.29 is 14.7 Å². The van der Waals surface area contributed by atoms with Gasteiger partial charge in [-0.15, -0.1) is 11.3 Å². The predicted molar refractivity (Wildman–Crippen MR) is 128 cm³/mol. The van der Waals surface area contributed by atoms with Gasteiger partial charge in [-0.2, -0.15) is 5.10 Å². The summed E-state index contributed by atoms with van der Waals surface area (Å²) in [6.45, 7) is 3.58. The van der Waals surface area contributed by atoms with Crippen molar-refractivity contribution in [1.82, 2.24) is 25.6 Å². The highest BCUT2D eigenvalue weighted by Crippen LogP contribution is 2.39. The molecule has 0 bridgehead atoms. The van der Waals surface area contributed by atoms with E-state index in [1.165, 1.54) is 0 Å². The number of anilines is 2. The first-order valence-electron chi connectivity index (χ1n) is 10.8. The topological polar surface area (TPSA) is 120 Å². The normalized spacial score (nSPS) is 14.2. The zero-order chi connectivity index (χ0) is 22.8. The number of aromatic amines is 1. The fourth-order valence-corrected chi connectivity index (χ4v) is 5.11. The average Bonchev–Trinajstić information content (AvgIpc) is 3.50. The molecule has 4 heterocycles. The van der Waals surface area contributed by atoms with Gasteiger partial charge in [0.05, 0.1) is 40.1 Å². The Bertz CT molecular complexity index is 1280. The standard InChI is InChI=1S/C22H25N7O3S/c1-28(7-3-6-18(30)27-31)19-12-17-20(33-19)22(29-8-10-32-11-9-29)25-21(24-17)14-4-2-5-16-15(14)13-23-26-16/h2,4-5,12-13,31H,3,6-11H2,1H3,(H,23,26)(H,27,30). The van der Waals surface area contributed by atoms with Crippen LogP contribution in [0.2, 0.25) is 0 Å². The van der Waals surface area contributed by atoms with E-state index in [1.54, 1.807) is 16.8 Å². The van der Waals surface area contributed by atoms with E-state index < -0.39 is 0 Å². The smallest absolute Gasteiger partial charge is 0.243 e. The van der Waals surface area contributed by atoms with Gasteiger partial charge < -0.3 is 14.5 Å². The van der Waals surface area contributed by atoms with Gasteiger partial charge >= 0.3 is 0 Å². The molecule has 1 saturated heterocycles. The molecule has 3 aromatic heterocycles. The first-order chi connectivity index (χ1) is 16.1. The Labute approximate surface area is 194 Å². The van der Waals surface area contributed by atoms with Crippen LogP contribution in [0.5, 0.6) is 0 Å². The molecule has 0 atom stereocenters. The number of nitrogens with one attached hydrogen (secondary N) is 2. The predicted octanol–water partition coefficient (Wildman–Crippen LogP) is 2.79. The summed E-state index contributed by atoms with van der Waals surface area (Å²) in [6.07, 6.45) is 2.71. The number of hydrogen-bond acceptors (Lipinski definition) is 9. The number of hydrogen-bond donors (Lipinski definition) is 3. The second kappa shape index (κ2) is 9.30. The Balaban J connectivity index is 1.54. The monoisotopic (exact) mass is 467 g/mol. The Hall–Kier alpha value is -3.28. The van der Waals surface area contributed by atoms with E-state index in [0.717, 1.165) is 50.6 Å². The maximum Gasteiger partial charge on any atom is 0.243 e. The lowest BCUT2D eigenvalue weighted by molar-refractivity contribution is -0.129. The van der Waals surface area contributed by atoms with Crippen LogP contribution in [0.3, 0.4) is 0 Å². The number of benzene rings is 1. The van der Waals surface area contributed by atoms with E-state index >= 15 is 0 Å². The SMILES string of the molecule is CN(CCCC(=O)NO)c1cc2nc(-c3cccc4[nH]ncc34)nc(N3CCOCC3)c2s1. The van der Waals surface area contributed by atoms with Gasteiger partial charge in [0.1, 0.15) is 0 Å². The molecule has 33 heavy (non-hydrogen) atoms. The molecular weight excluding hydrogens is 442 g/mol. The summed E-state index contributed by atoms with van der Waals surface area (Å²) in [6, 6.07) is 8.07. The van der Waals surface area contributed by atoms with Crippen LogP contribution in [0.15, 0.2) is 30.5 Å². The zero-order valence-electron chi connectivity index (χ0n) is 18.2. The number of amides is 1. The van der Waals surface area contributed by atoms with Crippen molar-refractivity contribution >= 4 is 49.2 Å². The molecule has 1 amide bonds. The summed E-state index contributed by atoms with van der Waals surface area (Å²) >= 11 is 1.65. The van der Waals surface area contributed by atoms with E-state index in [9.17, 15) is 4.79 Å². The molecule has 1 aromatic carbocycles. The maximum absolute atomic E-state index is 11.3. The van der Waals surface area contributed by atoms with Crippen molar-refractivity contribution in [2.45, 2.75) is 12.8 Å². The van der Waals surface area contributed by atoms with Crippen LogP contribution < -0.4 is 15.3 Å². The van der Waals surface area contributed by atoms with Gasteiger partial charge in [0.15, 0.2) is 11.6 Å². The second-order valence-corrected chi connectivity index (χ2v) is 9.00. The number of rotatable bonds is 7. The van der Waals surface area contributed by atoms with Gasteiger partial charge in [-0.3, -0.25) is 15.1 Å². The summed E-state index contributed by atoms with van der Waals surface area (Å²) in [5.41, 5.74) is 4.46. The molecule has 172 valence electrons. The molecule has 0 spiro atoms. The third kappa shape index (κ3) is 4.34. The van der Waals surface area contributed by atoms with Gasteiger partial charge in [-0.1, -0.05) is 12.1 Å². The highest BCUT2D eigenvalue weighted by atomic mass is 32.1. The van der Waals surface area contributed by atoms with Crippen molar-refractivity contribution in [3.8, 4) is 11.4 Å². The molecule has 11 heteroatoms. The first kappa shape index (κ1) is 21.6. The quantitative estimate of drug-likeness (QED) is 0.280. The molecule has 4 aromatic rings. The van der Waals surface area contributed by atoms with Crippen LogP contribution in [0.1, 0.15) is 12.8 Å². The van der Waals surface area contributed by atoms with E-state index in [1.807, 2.05) is 31.4 Å². The minimum Gasteiger partial charge on any atom is -0.378 e. The van der Waals surface area contributed by atoms with E-state index in [4.69, 9.17) is 19.9 Å². The number of fused-ring (bicyclic) bond motifs is 2. The lowest BCUT2D eigenvalue weighted by atomic mass is 10.1. The fraction of sp³-hybridized carbons (Fsp3) is 0.364. The molecule has 0 unspecified atom stereocenters. The summed E-state index contributed by atoms with van der Waals surface area (Å²) in [7, 11) is 2.00. The number of thiophene rings is 1. The lowest BCUT2D eigenvalue weighted by Crippen LogP contribution is -2.36. The molecule has 1 fully saturated rings. The number of ether oxygens (including phenoxy) is 1. The highest BCUT2D eigenvalue weighted by molar-refractivity contribution is 7.23. The van der Waals surface area contributed by atoms with Crippen LogP contribution in [0.25, 0.3) is 32.5 Å². The average molecular weight is 468 g/mol. The summed E-state index contributed by atoms with van der Waals surface area (Å²) < 4.78 is 6.60. The van der Waals surface area contributed by atoms with Crippen LogP contribution in [-0.4, -0.2) is 71.2 Å². The van der Waals surface area contributed by atoms with Crippen molar-refractivity contribution in [1.29, 1.82) is 0 Å². The van der Waals surface area contributed by atoms with Crippen LogP contribution >= 0.6 is 11.3 Å². The summed E-state index contributed by atoms with van der Waals surface area (Å²) in [5.74, 6) is 1.21. The van der Waals surface area contributed by atoms with Crippen LogP contribution in [0, 0.1) is 0 Å². The summed E-state index contributed by atoms with van der Waals surface area (Å²) in [4.78, 5) is 25.6. The van der Waals surface area contributed by atoms with Gasteiger partial charge in [-0.25, -0.2) is 15.4 Å². The minimum absolute atomic E-state index is 0.267. The lowest BCUT2D eigenvalue weighted by Gasteiger charge is -2.28. The number of nitrogens with zero attached hydrogens (tertiary/aromatic N) is 5. The molecule has 1 aliphatic rings. The third-order valence-electron chi connectivity index (χ3n) is 5.78. The molecular formula is C22H25N7O3S. The van der Waals surface area contributed by atoms with Crippen LogP contribution in [-0.2, 0) is 9.53 Å². The van der Waals surface area contributed by atoms with Crippen molar-refractivity contribution in [3.05, 3.63) is 30.5 Å². The number of H-pyrrole nitrogens is 1. The molecule has 1 aliphatic heterocycles. The minimum atomic E-state index is -0.377. The van der Waals surface area contributed by atoms with E-state index in [0.29, 0.717) is 32.0 Å². The molecule has 0 aliphatic carbocycles. The second-order valence-electron chi connectivity index (χ2n) is 7.97. The molecule has 5 rings (SSSR count). The fourth-order valence-electron chi connectivity index (χ4n) is 4.01. The Kier molecular flexibility index (Phi) is 6.07. The third-order valence-corrected chi connectivity index (χ3v) is 7.01. The number of carbonyl (C=O) groups excluding carboxylic acids is 1. The first-order valence-corrected chi connectivity index (χ1v) is 11.7. The van der Waals surface area contributed by atoms with E-state index in [2.05, 4.69) is 26.1 Å². The number of hydroxylamine groups is 1. The number of aromatic nitrogens is 4. The van der Waals surface area contributed by atoms with Gasteiger partial charge in [-0.05, 0) is 18.6 Å². The number of morpholine rings is 1. The number of carbonyl (C=O) groups is 1. The summed E-state index contributed by atoms with van der Waals surface area (Å²) in [5, 5.41) is 17.9. The highest BCUT2D eigenvalue weighted by Gasteiger charge is 2.22. The molecule has 0 saturated carbocycles. The van der Waals surface area contributed by atoms with Crippen molar-refractivity contribution in [3.63, 3.8) is 0 Å². The molecule has 3 N–H and O–H groups in total. The van der Waals surface area contributed by atoms with E-state index in [-0.39, 0.29) is 12.3 Å². The Morgan fingerprint density at radius 1 is 1.33 bits per heavy atom. The largest absolute Gasteiger partial charge is 0.378 e. The Morgan fingerprint density at radius 3 is 3.00 bits per heavy atom. The molecule has 10 nitrogen and oxygen atoms in total. The van der Waals surface area contributed by atoms with Gasteiger partial charge in [0, 0.05) is 44.1 Å². The Morgan fingerprint density at radius 2 is 2.18 bits per heavy atom. The maximum atomic E-state index is 11.3.